The van der Waals surface area contributed by atoms with Gasteiger partial charge in [0.15, 0.2) is 0 Å². The van der Waals surface area contributed by atoms with Crippen LogP contribution in [0.25, 0.3) is 0 Å². The summed E-state index contributed by atoms with van der Waals surface area (Å²) in [5.41, 5.74) is -0.797. The third kappa shape index (κ3) is 4.75. The van der Waals surface area contributed by atoms with Crippen molar-refractivity contribution < 1.29 is 32.7 Å². The molecule has 0 radical (unpaired) electrons. The van der Waals surface area contributed by atoms with Crippen molar-refractivity contribution in [3.8, 4) is 5.75 Å². The molecule has 2 aromatic carbocycles. The predicted molar refractivity (Wildman–Crippen MR) is 148 cm³/mol. The second-order valence-corrected chi connectivity index (χ2v) is 11.7. The molecule has 4 aromatic rings. The number of para-hydroxylation sites is 1. The largest absolute Gasteiger partial charge is 0.508 e. The van der Waals surface area contributed by atoms with Crippen molar-refractivity contribution in [2.24, 2.45) is 5.92 Å². The van der Waals surface area contributed by atoms with E-state index in [1.165, 1.54) is 53.4 Å². The Morgan fingerprint density at radius 2 is 1.74 bits per heavy atom. The van der Waals surface area contributed by atoms with E-state index in [1.807, 2.05) is 0 Å². The summed E-state index contributed by atoms with van der Waals surface area (Å²) in [6.07, 6.45) is -1.82. The van der Waals surface area contributed by atoms with E-state index in [-0.39, 0.29) is 10.8 Å². The molecule has 2 aliphatic rings. The number of imide groups is 1. The summed E-state index contributed by atoms with van der Waals surface area (Å²) in [5.74, 6) is -4.18. The Labute approximate surface area is 243 Å². The minimum absolute atomic E-state index is 0.00574. The molecule has 9 nitrogen and oxygen atoms in total. The molecule has 3 atom stereocenters. The van der Waals surface area contributed by atoms with Crippen LogP contribution in [0.5, 0.6) is 5.75 Å². The summed E-state index contributed by atoms with van der Waals surface area (Å²) >= 11 is 1.70. The molecule has 2 aromatic heterocycles. The maximum absolute atomic E-state index is 13.9. The summed E-state index contributed by atoms with van der Waals surface area (Å²) < 4.78 is 42.8. The Kier molecular flexibility index (Phi) is 6.89. The van der Waals surface area contributed by atoms with Gasteiger partial charge in [0.2, 0.25) is 17.7 Å². The molecule has 1 saturated heterocycles. The van der Waals surface area contributed by atoms with E-state index in [0.29, 0.717) is 21.0 Å². The number of anilines is 2. The monoisotopic (exact) mass is 612 g/mol. The van der Waals surface area contributed by atoms with Crippen molar-refractivity contribution >= 4 is 52.2 Å². The average Bonchev–Trinajstić information content (AvgIpc) is 3.40. The molecular weight excluding hydrogens is 593 g/mol. The molecule has 3 unspecified atom stereocenters. The van der Waals surface area contributed by atoms with Crippen LogP contribution in [-0.4, -0.2) is 37.6 Å². The van der Waals surface area contributed by atoms with Crippen molar-refractivity contribution in [2.75, 3.05) is 10.2 Å². The molecule has 0 spiro atoms. The van der Waals surface area contributed by atoms with Crippen LogP contribution in [-0.2, 0) is 27.1 Å². The minimum atomic E-state index is -4.81. The minimum Gasteiger partial charge on any atom is -0.508 e. The molecule has 2 aliphatic heterocycles. The number of thioether (sulfide) groups is 1. The number of phenolic OH excluding ortho intramolecular Hbond substituents is 1. The second kappa shape index (κ2) is 10.4. The number of phenols is 1. The van der Waals surface area contributed by atoms with Gasteiger partial charge in [-0.15, -0.1) is 0 Å². The van der Waals surface area contributed by atoms with Crippen molar-refractivity contribution in [1.82, 2.24) is 9.55 Å². The third-order valence-corrected chi connectivity index (χ3v) is 9.60. The van der Waals surface area contributed by atoms with E-state index in [4.69, 9.17) is 0 Å². The highest BCUT2D eigenvalue weighted by molar-refractivity contribution is 8.00. The van der Waals surface area contributed by atoms with Gasteiger partial charge in [0.25, 0.3) is 0 Å². The molecule has 214 valence electrons. The Bertz CT molecular complexity index is 1770. The molecule has 0 saturated carbocycles. The van der Waals surface area contributed by atoms with E-state index >= 15 is 0 Å². The van der Waals surface area contributed by atoms with E-state index in [2.05, 4.69) is 10.3 Å². The number of halogens is 3. The first-order valence-electron chi connectivity index (χ1n) is 12.5. The number of fused-ring (bicyclic) bond motifs is 2. The zero-order valence-corrected chi connectivity index (χ0v) is 22.9. The summed E-state index contributed by atoms with van der Waals surface area (Å²) in [4.78, 5) is 58.3. The number of amides is 3. The Balaban J connectivity index is 1.41. The number of hydrogen-bond donors (Lipinski definition) is 2. The van der Waals surface area contributed by atoms with Crippen LogP contribution >= 0.6 is 23.1 Å². The number of nitrogens with zero attached hydrogens (tertiary/aromatic N) is 3. The van der Waals surface area contributed by atoms with Crippen molar-refractivity contribution in [3.05, 3.63) is 98.7 Å². The second-order valence-electron chi connectivity index (χ2n) is 9.57. The summed E-state index contributed by atoms with van der Waals surface area (Å²) in [6.45, 7) is -0.418. The number of benzene rings is 2. The van der Waals surface area contributed by atoms with Gasteiger partial charge in [-0.05, 0) is 48.0 Å². The number of aromatic nitrogens is 2. The maximum atomic E-state index is 13.9. The fourth-order valence-electron chi connectivity index (χ4n) is 5.21. The predicted octanol–water partition coefficient (Wildman–Crippen LogP) is 4.46. The highest BCUT2D eigenvalue weighted by Gasteiger charge is 2.57. The van der Waals surface area contributed by atoms with Gasteiger partial charge in [-0.3, -0.25) is 28.7 Å². The van der Waals surface area contributed by atoms with Gasteiger partial charge in [-0.2, -0.15) is 13.2 Å². The zero-order valence-electron chi connectivity index (χ0n) is 21.2. The molecule has 0 aliphatic carbocycles. The number of carbonyl (C=O) groups excluding carboxylic acids is 3. The van der Waals surface area contributed by atoms with Gasteiger partial charge in [-0.1, -0.05) is 41.3 Å². The molecule has 1 fully saturated rings. The first-order valence-corrected chi connectivity index (χ1v) is 14.2. The molecule has 6 rings (SSSR count). The Hall–Kier alpha value is -4.43. The number of carbonyl (C=O) groups is 3. The summed E-state index contributed by atoms with van der Waals surface area (Å²) in [6, 6.07) is 13.4. The number of hydrogen-bond acceptors (Lipinski definition) is 8. The first kappa shape index (κ1) is 27.7. The van der Waals surface area contributed by atoms with Gasteiger partial charge in [0, 0.05) is 28.9 Å². The summed E-state index contributed by atoms with van der Waals surface area (Å²) in [5, 5.41) is 11.2. The highest BCUT2D eigenvalue weighted by atomic mass is 32.2. The van der Waals surface area contributed by atoms with Gasteiger partial charge in [-0.25, -0.2) is 4.90 Å². The van der Waals surface area contributed by atoms with Crippen LogP contribution in [0.3, 0.4) is 0 Å². The normalized spacial score (nSPS) is 19.9. The molecule has 2 N–H and O–H groups in total. The number of nitrogens with one attached hydrogen (secondary N) is 1. The van der Waals surface area contributed by atoms with Crippen molar-refractivity contribution in [3.63, 3.8) is 0 Å². The summed E-state index contributed by atoms with van der Waals surface area (Å²) in [7, 11) is 0. The lowest BCUT2D eigenvalue weighted by molar-refractivity contribution is -0.137. The standard InChI is InChI=1S/C28H19F3N4O5S2/c29-28(30,31)17-5-1-2-6-18(17)35-24(38)21-20(14-4-3-11-32-12-14)23-26(41-22(21)25(35)39)34(27(40)42-23)13-19(37)33-15-7-9-16(36)10-8-15/h1-12,20-22,36H,13H2,(H,33,37). The van der Waals surface area contributed by atoms with Crippen LogP contribution in [0.1, 0.15) is 21.9 Å². The van der Waals surface area contributed by atoms with Gasteiger partial charge >= 0.3 is 11.0 Å². The number of alkyl halides is 3. The van der Waals surface area contributed by atoms with Crippen LogP contribution in [0, 0.1) is 5.92 Å². The van der Waals surface area contributed by atoms with E-state index < -0.39 is 63.7 Å². The van der Waals surface area contributed by atoms with Crippen LogP contribution in [0.4, 0.5) is 24.5 Å². The number of thiazole rings is 1. The smallest absolute Gasteiger partial charge is 0.418 e. The third-order valence-electron chi connectivity index (χ3n) is 7.00. The van der Waals surface area contributed by atoms with E-state index in [0.717, 1.165) is 35.2 Å². The van der Waals surface area contributed by atoms with Gasteiger partial charge < -0.3 is 10.4 Å². The van der Waals surface area contributed by atoms with Gasteiger partial charge in [0.1, 0.15) is 17.5 Å². The quantitative estimate of drug-likeness (QED) is 0.252. The number of pyridine rings is 1. The van der Waals surface area contributed by atoms with Crippen LogP contribution < -0.4 is 15.1 Å². The maximum Gasteiger partial charge on any atom is 0.418 e. The number of aromatic hydroxyl groups is 1. The average molecular weight is 613 g/mol. The Morgan fingerprint density at radius 1 is 1.00 bits per heavy atom. The topological polar surface area (TPSA) is 122 Å². The Morgan fingerprint density at radius 3 is 2.43 bits per heavy atom. The highest BCUT2D eigenvalue weighted by Crippen LogP contribution is 2.54. The van der Waals surface area contributed by atoms with Gasteiger partial charge in [0.05, 0.1) is 22.2 Å². The number of rotatable bonds is 5. The molecule has 0 bridgehead atoms. The van der Waals surface area contributed by atoms with Crippen LogP contribution in [0.15, 0.2) is 82.9 Å². The molecular formula is C28H19F3N4O5S2. The lowest BCUT2D eigenvalue weighted by Gasteiger charge is -2.30. The lowest BCUT2D eigenvalue weighted by atomic mass is 9.84. The zero-order chi connectivity index (χ0) is 29.8. The van der Waals surface area contributed by atoms with Crippen LogP contribution in [0.2, 0.25) is 0 Å². The molecule has 14 heteroatoms. The molecule has 4 heterocycles. The fraction of sp³-hybridized carbons (Fsp3) is 0.179. The molecule has 3 amide bonds. The lowest BCUT2D eigenvalue weighted by Crippen LogP contribution is -2.33. The molecule has 42 heavy (non-hydrogen) atoms. The van der Waals surface area contributed by atoms with Crippen molar-refractivity contribution in [1.29, 1.82) is 0 Å². The van der Waals surface area contributed by atoms with E-state index in [9.17, 15) is 37.5 Å². The first-order chi connectivity index (χ1) is 20.0. The van der Waals surface area contributed by atoms with Crippen molar-refractivity contribution in [2.45, 2.75) is 28.9 Å². The van der Waals surface area contributed by atoms with E-state index in [1.54, 1.807) is 12.1 Å². The fourth-order valence-corrected chi connectivity index (χ4v) is 7.98. The SMILES string of the molecule is O=C(Cn1c2c(sc1=O)C(c1cccnc1)C1C(=O)N(c3ccccc3C(F)(F)F)C(=O)C1S2)Nc1ccc(O)cc1.